The van der Waals surface area contributed by atoms with Crippen molar-refractivity contribution in [1.82, 2.24) is 19.6 Å². The average molecular weight is 385 g/mol. The van der Waals surface area contributed by atoms with Crippen molar-refractivity contribution < 1.29 is 13.6 Å². The first-order valence-electron chi connectivity index (χ1n) is 9.27. The van der Waals surface area contributed by atoms with Gasteiger partial charge in [0, 0.05) is 18.1 Å². The zero-order valence-corrected chi connectivity index (χ0v) is 15.2. The summed E-state index contributed by atoms with van der Waals surface area (Å²) in [6, 6.07) is 7.56. The highest BCUT2D eigenvalue weighted by atomic mass is 19.1. The molecule has 0 unspecified atom stereocenters. The van der Waals surface area contributed by atoms with Crippen molar-refractivity contribution in [1.29, 1.82) is 0 Å². The smallest absolute Gasteiger partial charge is 0.388 e. The quantitative estimate of drug-likeness (QED) is 0.704. The predicted octanol–water partition coefficient (Wildman–Crippen LogP) is 2.98. The maximum absolute atomic E-state index is 13.0. The minimum absolute atomic E-state index is 0.0607. The third-order valence-electron chi connectivity index (χ3n) is 4.86. The molecule has 1 amide bonds. The van der Waals surface area contributed by atoms with Crippen LogP contribution in [0.5, 0.6) is 0 Å². The van der Waals surface area contributed by atoms with E-state index in [1.165, 1.54) is 37.1 Å². The number of hydrogen-bond acceptors (Lipinski definition) is 5. The van der Waals surface area contributed by atoms with Crippen LogP contribution < -0.4 is 11.1 Å². The van der Waals surface area contributed by atoms with Crippen LogP contribution in [0.1, 0.15) is 38.1 Å². The molecule has 0 aliphatic heterocycles. The Kier molecular flexibility index (Phi) is 5.05. The zero-order chi connectivity index (χ0) is 19.5. The lowest BCUT2D eigenvalue weighted by atomic mass is 10.2. The topological polar surface area (TPSA) is 94.9 Å². The lowest BCUT2D eigenvalue weighted by Crippen LogP contribution is -2.22. The fraction of sp³-hybridized carbons (Fsp3) is 0.368. The highest BCUT2D eigenvalue weighted by Gasteiger charge is 2.20. The number of carbonyl (C=O) groups excluding carboxylic acids is 1. The van der Waals surface area contributed by atoms with Crippen LogP contribution in [0.15, 0.2) is 45.7 Å². The summed E-state index contributed by atoms with van der Waals surface area (Å²) in [6.45, 7) is 0.0763. The van der Waals surface area contributed by atoms with Gasteiger partial charge in [0.1, 0.15) is 11.6 Å². The summed E-state index contributed by atoms with van der Waals surface area (Å²) >= 11 is 0. The third-order valence-corrected chi connectivity index (χ3v) is 4.86. The molecule has 2 heterocycles. The molecule has 1 aromatic carbocycles. The molecule has 0 atom stereocenters. The maximum Gasteiger partial charge on any atom is 0.437 e. The van der Waals surface area contributed by atoms with Crippen molar-refractivity contribution in [2.75, 3.05) is 5.32 Å². The van der Waals surface area contributed by atoms with Gasteiger partial charge in [-0.05, 0) is 37.1 Å². The Labute approximate surface area is 160 Å². The van der Waals surface area contributed by atoms with Crippen LogP contribution in [0.2, 0.25) is 0 Å². The zero-order valence-electron chi connectivity index (χ0n) is 15.2. The molecule has 1 N–H and O–H groups in total. The molecule has 0 bridgehead atoms. The highest BCUT2D eigenvalue weighted by Crippen LogP contribution is 2.31. The van der Waals surface area contributed by atoms with E-state index < -0.39 is 5.76 Å². The van der Waals surface area contributed by atoms with Gasteiger partial charge in [-0.3, -0.25) is 4.79 Å². The van der Waals surface area contributed by atoms with Gasteiger partial charge in [0.25, 0.3) is 0 Å². The van der Waals surface area contributed by atoms with Crippen molar-refractivity contribution in [3.8, 4) is 11.5 Å². The average Bonchev–Trinajstić information content (AvgIpc) is 3.41. The summed E-state index contributed by atoms with van der Waals surface area (Å²) in [5.74, 6) is -0.540. The van der Waals surface area contributed by atoms with Gasteiger partial charge >= 0.3 is 5.76 Å². The number of hydrogen-bond donors (Lipinski definition) is 1. The molecule has 1 aliphatic carbocycles. The van der Waals surface area contributed by atoms with Gasteiger partial charge in [0.2, 0.25) is 11.8 Å². The minimum atomic E-state index is -0.664. The van der Waals surface area contributed by atoms with Crippen LogP contribution in [-0.4, -0.2) is 25.5 Å². The summed E-state index contributed by atoms with van der Waals surface area (Å²) in [5, 5.41) is 11.2. The SMILES string of the molecule is O=C(CCn1nc(-c2ccc(F)cc2)oc1=O)Nc1ccnn1C1CCCC1. The summed E-state index contributed by atoms with van der Waals surface area (Å²) < 4.78 is 21.1. The normalized spacial score (nSPS) is 14.5. The van der Waals surface area contributed by atoms with E-state index in [1.54, 1.807) is 12.3 Å². The largest absolute Gasteiger partial charge is 0.437 e. The molecule has 1 saturated carbocycles. The van der Waals surface area contributed by atoms with Crippen LogP contribution in [0.3, 0.4) is 0 Å². The molecule has 8 nitrogen and oxygen atoms in total. The van der Waals surface area contributed by atoms with Gasteiger partial charge in [-0.15, -0.1) is 5.10 Å². The molecule has 0 radical (unpaired) electrons. The van der Waals surface area contributed by atoms with Gasteiger partial charge < -0.3 is 9.73 Å². The van der Waals surface area contributed by atoms with Gasteiger partial charge in [-0.2, -0.15) is 9.78 Å². The molecule has 9 heteroatoms. The standard InChI is InChI=1S/C19H20FN5O3/c20-14-7-5-13(6-8-14)18-23-24(19(27)28-18)12-10-17(26)22-16-9-11-21-25(16)15-3-1-2-4-15/h5-9,11,15H,1-4,10,12H2,(H,22,26). The lowest BCUT2D eigenvalue weighted by molar-refractivity contribution is -0.116. The highest BCUT2D eigenvalue weighted by molar-refractivity contribution is 5.89. The molecule has 28 heavy (non-hydrogen) atoms. The van der Waals surface area contributed by atoms with Crippen molar-refractivity contribution in [3.63, 3.8) is 0 Å². The Hall–Kier alpha value is -3.23. The second-order valence-corrected chi connectivity index (χ2v) is 6.80. The summed E-state index contributed by atoms with van der Waals surface area (Å²) in [5.41, 5.74) is 0.488. The molecule has 1 fully saturated rings. The van der Waals surface area contributed by atoms with Gasteiger partial charge in [-0.25, -0.2) is 13.9 Å². The second-order valence-electron chi connectivity index (χ2n) is 6.80. The van der Waals surface area contributed by atoms with Crippen molar-refractivity contribution in [2.24, 2.45) is 0 Å². The second kappa shape index (κ2) is 7.79. The predicted molar refractivity (Wildman–Crippen MR) is 99.1 cm³/mol. The molecular weight excluding hydrogens is 365 g/mol. The minimum Gasteiger partial charge on any atom is -0.388 e. The van der Waals surface area contributed by atoms with Crippen LogP contribution in [-0.2, 0) is 11.3 Å². The first-order chi connectivity index (χ1) is 13.6. The molecule has 2 aromatic heterocycles. The summed E-state index contributed by atoms with van der Waals surface area (Å²) in [4.78, 5) is 24.3. The molecule has 0 spiro atoms. The molecule has 3 aromatic rings. The Bertz CT molecular complexity index is 1010. The first kappa shape index (κ1) is 18.1. The first-order valence-corrected chi connectivity index (χ1v) is 9.27. The number of nitrogens with one attached hydrogen (secondary N) is 1. The molecule has 4 rings (SSSR count). The van der Waals surface area contributed by atoms with Gasteiger partial charge in [0.15, 0.2) is 0 Å². The van der Waals surface area contributed by atoms with Crippen LogP contribution in [0.25, 0.3) is 11.5 Å². The van der Waals surface area contributed by atoms with E-state index in [0.717, 1.165) is 17.5 Å². The van der Waals surface area contributed by atoms with Crippen molar-refractivity contribution >= 4 is 11.7 Å². The third kappa shape index (κ3) is 3.88. The molecule has 1 aliphatic rings. The van der Waals surface area contributed by atoms with E-state index in [1.807, 2.05) is 4.68 Å². The Morgan fingerprint density at radius 2 is 1.96 bits per heavy atom. The number of benzene rings is 1. The Morgan fingerprint density at radius 3 is 2.71 bits per heavy atom. The number of halogens is 1. The van der Waals surface area contributed by atoms with Crippen LogP contribution in [0, 0.1) is 5.82 Å². The number of amides is 1. The maximum atomic E-state index is 13.0. The number of aromatic nitrogens is 4. The summed E-state index contributed by atoms with van der Waals surface area (Å²) in [6.07, 6.45) is 6.19. The van der Waals surface area contributed by atoms with E-state index in [-0.39, 0.29) is 30.6 Å². The fourth-order valence-corrected chi connectivity index (χ4v) is 3.42. The van der Waals surface area contributed by atoms with E-state index in [2.05, 4.69) is 15.5 Å². The number of rotatable bonds is 6. The van der Waals surface area contributed by atoms with Gasteiger partial charge in [0.05, 0.1) is 18.8 Å². The number of anilines is 1. The van der Waals surface area contributed by atoms with E-state index in [4.69, 9.17) is 4.42 Å². The molecular formula is C19H20FN5O3. The monoisotopic (exact) mass is 385 g/mol. The van der Waals surface area contributed by atoms with Crippen molar-refractivity contribution in [2.45, 2.75) is 44.7 Å². The lowest BCUT2D eigenvalue weighted by Gasteiger charge is -2.14. The summed E-state index contributed by atoms with van der Waals surface area (Å²) in [7, 11) is 0. The van der Waals surface area contributed by atoms with Gasteiger partial charge in [-0.1, -0.05) is 12.8 Å². The van der Waals surface area contributed by atoms with E-state index in [0.29, 0.717) is 17.4 Å². The molecule has 146 valence electrons. The number of carbonyl (C=O) groups is 1. The fourth-order valence-electron chi connectivity index (χ4n) is 3.42. The van der Waals surface area contributed by atoms with Crippen molar-refractivity contribution in [3.05, 3.63) is 52.9 Å². The van der Waals surface area contributed by atoms with E-state index >= 15 is 0 Å². The number of aryl methyl sites for hydroxylation is 1. The number of nitrogens with zero attached hydrogens (tertiary/aromatic N) is 4. The Balaban J connectivity index is 1.38. The van der Waals surface area contributed by atoms with E-state index in [9.17, 15) is 14.0 Å². The Morgan fingerprint density at radius 1 is 1.21 bits per heavy atom. The molecule has 0 saturated heterocycles. The van der Waals surface area contributed by atoms with Crippen LogP contribution in [0.4, 0.5) is 10.2 Å². The van der Waals surface area contributed by atoms with Crippen LogP contribution >= 0.6 is 0 Å².